The van der Waals surface area contributed by atoms with Gasteiger partial charge in [0.1, 0.15) is 9.77 Å². The Morgan fingerprint density at radius 2 is 1.88 bits per heavy atom. The van der Waals surface area contributed by atoms with Gasteiger partial charge < -0.3 is 10.1 Å². The summed E-state index contributed by atoms with van der Waals surface area (Å²) in [6.45, 7) is 5.25. The van der Waals surface area contributed by atoms with Crippen LogP contribution in [-0.2, 0) is 14.8 Å². The molecule has 2 heterocycles. The van der Waals surface area contributed by atoms with E-state index in [1.54, 1.807) is 45.0 Å². The molecule has 0 radical (unpaired) electrons. The lowest BCUT2D eigenvalue weighted by Crippen LogP contribution is -2.36. The largest absolute Gasteiger partial charge is 0.462 e. The number of carbonyl (C=O) groups excluding carboxylic acids is 3. The van der Waals surface area contributed by atoms with Crippen molar-refractivity contribution in [1.29, 1.82) is 0 Å². The fourth-order valence-electron chi connectivity index (χ4n) is 3.53. The third kappa shape index (κ3) is 3.65. The second kappa shape index (κ2) is 8.03. The quantitative estimate of drug-likeness (QED) is 0.564. The maximum atomic E-state index is 12.8. The maximum absolute atomic E-state index is 12.8. The van der Waals surface area contributed by atoms with Gasteiger partial charge in [-0.15, -0.1) is 11.3 Å². The number of amides is 2. The molecule has 0 atom stereocenters. The molecule has 0 aliphatic carbocycles. The first-order chi connectivity index (χ1) is 15.1. The molecule has 1 aromatic heterocycles. The summed E-state index contributed by atoms with van der Waals surface area (Å²) in [6, 6.07) is 10.4. The van der Waals surface area contributed by atoms with Crippen LogP contribution in [0, 0.1) is 0 Å². The number of sulfonamides is 1. The number of thiophene rings is 1. The van der Waals surface area contributed by atoms with Crippen molar-refractivity contribution in [3.63, 3.8) is 0 Å². The Morgan fingerprint density at radius 1 is 1.12 bits per heavy atom. The zero-order chi connectivity index (χ0) is 23.2. The molecule has 3 aromatic rings. The number of carbonyl (C=O) groups is 3. The van der Waals surface area contributed by atoms with Crippen LogP contribution in [-0.4, -0.2) is 43.2 Å². The standard InChI is InChI=1S/C22H20N2O6S2/c1-4-30-22(27)18-10-14-9-15(6-8-17(14)31-18)23-20(25)13-5-7-16-19(11-13)32(28,29)24(12(2)3)21(16)26/h5-12H,4H2,1-3H3,(H,23,25). The van der Waals surface area contributed by atoms with Crippen molar-refractivity contribution >= 4 is 54.9 Å². The van der Waals surface area contributed by atoms with Gasteiger partial charge in [-0.25, -0.2) is 17.5 Å². The number of esters is 1. The SMILES string of the molecule is CCOC(=O)c1cc2cc(NC(=O)c3ccc4c(c3)S(=O)(=O)N(C(C)C)C4=O)ccc2s1. The highest BCUT2D eigenvalue weighted by molar-refractivity contribution is 7.90. The molecule has 166 valence electrons. The summed E-state index contributed by atoms with van der Waals surface area (Å²) in [5.74, 6) is -1.51. The predicted octanol–water partition coefficient (Wildman–Crippen LogP) is 3.88. The predicted molar refractivity (Wildman–Crippen MR) is 121 cm³/mol. The van der Waals surface area contributed by atoms with Crippen LogP contribution in [0.2, 0.25) is 0 Å². The van der Waals surface area contributed by atoms with Crippen molar-refractivity contribution < 1.29 is 27.5 Å². The van der Waals surface area contributed by atoms with Crippen molar-refractivity contribution in [1.82, 2.24) is 4.31 Å². The van der Waals surface area contributed by atoms with Gasteiger partial charge in [-0.05, 0) is 68.6 Å². The van der Waals surface area contributed by atoms with Crippen LogP contribution in [0.5, 0.6) is 0 Å². The number of nitrogens with one attached hydrogen (secondary N) is 1. The number of hydrogen-bond donors (Lipinski definition) is 1. The van der Waals surface area contributed by atoms with Crippen LogP contribution < -0.4 is 5.32 Å². The van der Waals surface area contributed by atoms with Crippen molar-refractivity contribution in [3.05, 3.63) is 58.5 Å². The Morgan fingerprint density at radius 3 is 2.56 bits per heavy atom. The summed E-state index contributed by atoms with van der Waals surface area (Å²) < 4.78 is 32.2. The van der Waals surface area contributed by atoms with Gasteiger partial charge >= 0.3 is 5.97 Å². The van der Waals surface area contributed by atoms with E-state index in [1.807, 2.05) is 0 Å². The summed E-state index contributed by atoms with van der Waals surface area (Å²) >= 11 is 1.29. The molecule has 0 fully saturated rings. The first-order valence-corrected chi connectivity index (χ1v) is 12.1. The topological polar surface area (TPSA) is 110 Å². The van der Waals surface area contributed by atoms with Gasteiger partial charge in [0.15, 0.2) is 0 Å². The van der Waals surface area contributed by atoms with E-state index in [0.29, 0.717) is 10.6 Å². The Hall–Kier alpha value is -3.24. The van der Waals surface area contributed by atoms with Gasteiger partial charge in [-0.3, -0.25) is 9.59 Å². The van der Waals surface area contributed by atoms with E-state index in [1.165, 1.54) is 29.5 Å². The average molecular weight is 473 g/mol. The Kier molecular flexibility index (Phi) is 5.51. The Bertz CT molecular complexity index is 1370. The van der Waals surface area contributed by atoms with Crippen LogP contribution in [0.1, 0.15) is 51.2 Å². The summed E-state index contributed by atoms with van der Waals surface area (Å²) in [5, 5.41) is 3.50. The monoisotopic (exact) mass is 472 g/mol. The van der Waals surface area contributed by atoms with Crippen LogP contribution >= 0.6 is 11.3 Å². The van der Waals surface area contributed by atoms with Crippen LogP contribution in [0.4, 0.5) is 5.69 Å². The number of ether oxygens (including phenoxy) is 1. The van der Waals surface area contributed by atoms with E-state index in [2.05, 4.69) is 5.32 Å². The van der Waals surface area contributed by atoms with E-state index in [9.17, 15) is 22.8 Å². The Balaban J connectivity index is 1.60. The number of nitrogens with zero attached hydrogens (tertiary/aromatic N) is 1. The fourth-order valence-corrected chi connectivity index (χ4v) is 6.26. The van der Waals surface area contributed by atoms with Gasteiger partial charge in [0, 0.05) is 22.0 Å². The maximum Gasteiger partial charge on any atom is 0.348 e. The molecule has 0 saturated carbocycles. The number of anilines is 1. The van der Waals surface area contributed by atoms with Crippen molar-refractivity contribution in [2.45, 2.75) is 31.7 Å². The summed E-state index contributed by atoms with van der Waals surface area (Å²) in [5.41, 5.74) is 0.656. The second-order valence-electron chi connectivity index (χ2n) is 7.45. The third-order valence-corrected chi connectivity index (χ3v) is 8.03. The lowest BCUT2D eigenvalue weighted by atomic mass is 10.1. The fraction of sp³-hybridized carbons (Fsp3) is 0.227. The molecule has 1 aliphatic heterocycles. The van der Waals surface area contributed by atoms with Crippen LogP contribution in [0.15, 0.2) is 47.4 Å². The zero-order valence-corrected chi connectivity index (χ0v) is 19.2. The van der Waals surface area contributed by atoms with Gasteiger partial charge in [0.2, 0.25) is 0 Å². The first kappa shape index (κ1) is 22.0. The lowest BCUT2D eigenvalue weighted by Gasteiger charge is -2.18. The van der Waals surface area contributed by atoms with Gasteiger partial charge in [0.25, 0.3) is 21.8 Å². The molecule has 0 saturated heterocycles. The lowest BCUT2D eigenvalue weighted by molar-refractivity contribution is 0.0531. The normalized spacial score (nSPS) is 14.6. The van der Waals surface area contributed by atoms with Gasteiger partial charge in [-0.2, -0.15) is 0 Å². The van der Waals surface area contributed by atoms with Crippen LogP contribution in [0.25, 0.3) is 10.1 Å². The highest BCUT2D eigenvalue weighted by atomic mass is 32.2. The molecule has 1 aliphatic rings. The minimum Gasteiger partial charge on any atom is -0.462 e. The van der Waals surface area contributed by atoms with Gasteiger partial charge in [0.05, 0.1) is 12.2 Å². The zero-order valence-electron chi connectivity index (χ0n) is 17.5. The van der Waals surface area contributed by atoms with E-state index >= 15 is 0 Å². The number of hydrogen-bond acceptors (Lipinski definition) is 7. The van der Waals surface area contributed by atoms with Crippen molar-refractivity contribution in [3.8, 4) is 0 Å². The smallest absolute Gasteiger partial charge is 0.348 e. The summed E-state index contributed by atoms with van der Waals surface area (Å²) in [4.78, 5) is 37.5. The molecule has 4 rings (SSSR count). The summed E-state index contributed by atoms with van der Waals surface area (Å²) in [6.07, 6.45) is 0. The molecule has 10 heteroatoms. The molecular formula is C22H20N2O6S2. The van der Waals surface area contributed by atoms with Crippen molar-refractivity contribution in [2.24, 2.45) is 0 Å². The Labute approximate surface area is 188 Å². The molecule has 2 aromatic carbocycles. The number of rotatable bonds is 5. The summed E-state index contributed by atoms with van der Waals surface area (Å²) in [7, 11) is -4.00. The van der Waals surface area contributed by atoms with E-state index in [-0.39, 0.29) is 22.6 Å². The number of fused-ring (bicyclic) bond motifs is 2. The minimum atomic E-state index is -4.00. The first-order valence-electron chi connectivity index (χ1n) is 9.88. The highest BCUT2D eigenvalue weighted by Crippen LogP contribution is 2.33. The third-order valence-electron chi connectivity index (χ3n) is 4.93. The molecule has 0 bridgehead atoms. The minimum absolute atomic E-state index is 0.0569. The molecule has 0 unspecified atom stereocenters. The van der Waals surface area contributed by atoms with E-state index in [4.69, 9.17) is 4.74 Å². The van der Waals surface area contributed by atoms with E-state index in [0.717, 1.165) is 14.4 Å². The van der Waals surface area contributed by atoms with Crippen molar-refractivity contribution in [2.75, 3.05) is 11.9 Å². The molecule has 2 amide bonds. The molecule has 0 spiro atoms. The highest BCUT2D eigenvalue weighted by Gasteiger charge is 2.42. The molecule has 8 nitrogen and oxygen atoms in total. The molecular weight excluding hydrogens is 452 g/mol. The van der Waals surface area contributed by atoms with Crippen LogP contribution in [0.3, 0.4) is 0 Å². The molecule has 1 N–H and O–H groups in total. The van der Waals surface area contributed by atoms with E-state index < -0.39 is 33.8 Å². The average Bonchev–Trinajstić information content (AvgIpc) is 3.24. The molecule has 32 heavy (non-hydrogen) atoms. The number of benzene rings is 2. The van der Waals surface area contributed by atoms with Gasteiger partial charge in [-0.1, -0.05) is 0 Å². The second-order valence-corrected chi connectivity index (χ2v) is 10.3.